The molecule has 0 aliphatic heterocycles. The van der Waals surface area contributed by atoms with Crippen molar-refractivity contribution >= 4 is 50.1 Å². The molecule has 0 bridgehead atoms. The zero-order chi connectivity index (χ0) is 14.9. The van der Waals surface area contributed by atoms with E-state index < -0.39 is 11.7 Å². The Morgan fingerprint density at radius 3 is 2.70 bits per heavy atom. The SMILES string of the molecule is Cc1cc(Br)c(F)cc1NC(=O)c1ccc(I)c(O)c1. The third-order valence-electron chi connectivity index (χ3n) is 2.72. The molecule has 0 aliphatic carbocycles. The standard InChI is InChI=1S/C14H10BrFINO2/c1-7-4-9(15)10(16)6-12(7)18-14(20)8-2-3-11(17)13(19)5-8/h2-6,19H,1H3,(H,18,20). The van der Waals surface area contributed by atoms with Gasteiger partial charge in [0.05, 0.1) is 8.04 Å². The first-order chi connectivity index (χ1) is 9.38. The Balaban J connectivity index is 2.27. The first-order valence-corrected chi connectivity index (χ1v) is 7.51. The number of hydrogen-bond acceptors (Lipinski definition) is 2. The van der Waals surface area contributed by atoms with Crippen LogP contribution in [0.15, 0.2) is 34.8 Å². The number of anilines is 1. The molecule has 0 saturated heterocycles. The summed E-state index contributed by atoms with van der Waals surface area (Å²) < 4.78 is 14.5. The van der Waals surface area contributed by atoms with Crippen LogP contribution in [0.1, 0.15) is 15.9 Å². The van der Waals surface area contributed by atoms with E-state index in [0.29, 0.717) is 19.3 Å². The van der Waals surface area contributed by atoms with Crippen molar-refractivity contribution in [1.82, 2.24) is 0 Å². The predicted octanol–water partition coefficient (Wildman–Crippen LogP) is 4.46. The number of benzene rings is 2. The van der Waals surface area contributed by atoms with Gasteiger partial charge in [0.15, 0.2) is 0 Å². The van der Waals surface area contributed by atoms with Crippen molar-refractivity contribution in [2.75, 3.05) is 5.32 Å². The van der Waals surface area contributed by atoms with Gasteiger partial charge in [0, 0.05) is 11.3 Å². The number of hydrogen-bond donors (Lipinski definition) is 2. The number of aromatic hydroxyl groups is 1. The molecule has 1 amide bonds. The van der Waals surface area contributed by atoms with Crippen LogP contribution in [0.4, 0.5) is 10.1 Å². The highest BCUT2D eigenvalue weighted by molar-refractivity contribution is 14.1. The largest absolute Gasteiger partial charge is 0.507 e. The summed E-state index contributed by atoms with van der Waals surface area (Å²) in [6.45, 7) is 1.77. The Morgan fingerprint density at radius 2 is 2.05 bits per heavy atom. The van der Waals surface area contributed by atoms with E-state index in [9.17, 15) is 14.3 Å². The summed E-state index contributed by atoms with van der Waals surface area (Å²) in [5.74, 6) is -0.810. The fourth-order valence-electron chi connectivity index (χ4n) is 1.63. The molecule has 0 aliphatic rings. The summed E-state index contributed by atoms with van der Waals surface area (Å²) in [7, 11) is 0. The summed E-state index contributed by atoms with van der Waals surface area (Å²) in [6, 6.07) is 7.46. The highest BCUT2D eigenvalue weighted by Crippen LogP contribution is 2.25. The van der Waals surface area contributed by atoms with Gasteiger partial charge in [-0.15, -0.1) is 0 Å². The maximum Gasteiger partial charge on any atom is 0.255 e. The summed E-state index contributed by atoms with van der Waals surface area (Å²) in [5.41, 5.74) is 1.45. The smallest absolute Gasteiger partial charge is 0.255 e. The third-order valence-corrected chi connectivity index (χ3v) is 4.24. The summed E-state index contributed by atoms with van der Waals surface area (Å²) in [5, 5.41) is 12.2. The van der Waals surface area contributed by atoms with Gasteiger partial charge in [0.2, 0.25) is 0 Å². The molecule has 6 heteroatoms. The Morgan fingerprint density at radius 1 is 1.35 bits per heavy atom. The van der Waals surface area contributed by atoms with Crippen LogP contribution >= 0.6 is 38.5 Å². The Hall–Kier alpha value is -1.15. The molecule has 3 nitrogen and oxygen atoms in total. The summed E-state index contributed by atoms with van der Waals surface area (Å²) in [6.07, 6.45) is 0. The van der Waals surface area contributed by atoms with E-state index in [1.165, 1.54) is 12.1 Å². The molecule has 2 rings (SSSR count). The van der Waals surface area contributed by atoms with Crippen LogP contribution in [0.2, 0.25) is 0 Å². The van der Waals surface area contributed by atoms with Crippen molar-refractivity contribution in [3.05, 3.63) is 55.3 Å². The van der Waals surface area contributed by atoms with E-state index in [1.807, 2.05) is 22.6 Å². The van der Waals surface area contributed by atoms with Crippen molar-refractivity contribution in [3.63, 3.8) is 0 Å². The second kappa shape index (κ2) is 6.09. The van der Waals surface area contributed by atoms with Gasteiger partial charge in [-0.25, -0.2) is 4.39 Å². The topological polar surface area (TPSA) is 49.3 Å². The zero-order valence-electron chi connectivity index (χ0n) is 10.4. The Kier molecular flexibility index (Phi) is 4.64. The van der Waals surface area contributed by atoms with Crippen LogP contribution in [0, 0.1) is 16.3 Å². The summed E-state index contributed by atoms with van der Waals surface area (Å²) in [4.78, 5) is 12.1. The maximum absolute atomic E-state index is 13.5. The number of phenolic OH excluding ortho intramolecular Hbond substituents is 1. The molecule has 0 saturated carbocycles. The molecule has 0 spiro atoms. The number of amides is 1. The van der Waals surface area contributed by atoms with Crippen LogP contribution in [0.5, 0.6) is 5.75 Å². The van der Waals surface area contributed by atoms with Gasteiger partial charge in [0.25, 0.3) is 5.91 Å². The van der Waals surface area contributed by atoms with E-state index in [-0.39, 0.29) is 5.75 Å². The Labute approximate surface area is 137 Å². The second-order valence-corrected chi connectivity index (χ2v) is 6.22. The van der Waals surface area contributed by atoms with E-state index in [4.69, 9.17) is 0 Å². The van der Waals surface area contributed by atoms with E-state index >= 15 is 0 Å². The first kappa shape index (κ1) is 15.2. The number of carbonyl (C=O) groups excluding carboxylic acids is 1. The number of halogens is 3. The number of phenols is 1. The molecular weight excluding hydrogens is 440 g/mol. The highest BCUT2D eigenvalue weighted by Gasteiger charge is 2.12. The van der Waals surface area contributed by atoms with Crippen molar-refractivity contribution < 1.29 is 14.3 Å². The van der Waals surface area contributed by atoms with Crippen LogP contribution in [-0.2, 0) is 0 Å². The molecule has 0 heterocycles. The molecule has 0 fully saturated rings. The molecule has 104 valence electrons. The van der Waals surface area contributed by atoms with Crippen LogP contribution in [-0.4, -0.2) is 11.0 Å². The average Bonchev–Trinajstić information content (AvgIpc) is 2.39. The lowest BCUT2D eigenvalue weighted by atomic mass is 10.1. The van der Waals surface area contributed by atoms with E-state index in [2.05, 4.69) is 21.2 Å². The fraction of sp³-hybridized carbons (Fsp3) is 0.0714. The van der Waals surface area contributed by atoms with Crippen molar-refractivity contribution in [2.45, 2.75) is 6.92 Å². The lowest BCUT2D eigenvalue weighted by Crippen LogP contribution is -2.13. The van der Waals surface area contributed by atoms with E-state index in [1.54, 1.807) is 25.1 Å². The molecular formula is C14H10BrFINO2. The maximum atomic E-state index is 13.5. The van der Waals surface area contributed by atoms with Crippen LogP contribution in [0.3, 0.4) is 0 Å². The van der Waals surface area contributed by atoms with Gasteiger partial charge in [-0.1, -0.05) is 0 Å². The number of nitrogens with one attached hydrogen (secondary N) is 1. The molecule has 0 unspecified atom stereocenters. The minimum atomic E-state index is -0.448. The number of rotatable bonds is 2. The molecule has 0 atom stereocenters. The average molecular weight is 450 g/mol. The van der Waals surface area contributed by atoms with Gasteiger partial charge in [-0.05, 0) is 81.3 Å². The van der Waals surface area contributed by atoms with Gasteiger partial charge in [-0.3, -0.25) is 4.79 Å². The quantitative estimate of drug-likeness (QED) is 0.665. The van der Waals surface area contributed by atoms with Crippen molar-refractivity contribution in [2.24, 2.45) is 0 Å². The Bertz CT molecular complexity index is 691. The third kappa shape index (κ3) is 3.29. The lowest BCUT2D eigenvalue weighted by Gasteiger charge is -2.10. The molecule has 20 heavy (non-hydrogen) atoms. The number of aryl methyl sites for hydroxylation is 1. The second-order valence-electron chi connectivity index (χ2n) is 4.20. The van der Waals surface area contributed by atoms with Crippen LogP contribution in [0.25, 0.3) is 0 Å². The highest BCUT2D eigenvalue weighted by atomic mass is 127. The first-order valence-electron chi connectivity index (χ1n) is 5.64. The molecule has 2 aromatic rings. The van der Waals surface area contributed by atoms with Crippen LogP contribution < -0.4 is 5.32 Å². The normalized spacial score (nSPS) is 10.4. The monoisotopic (exact) mass is 449 g/mol. The fourth-order valence-corrected chi connectivity index (χ4v) is 2.42. The zero-order valence-corrected chi connectivity index (χ0v) is 14.1. The predicted molar refractivity (Wildman–Crippen MR) is 87.6 cm³/mol. The van der Waals surface area contributed by atoms with Gasteiger partial charge >= 0.3 is 0 Å². The molecule has 0 aromatic heterocycles. The minimum absolute atomic E-state index is 0.0389. The van der Waals surface area contributed by atoms with Gasteiger partial charge in [0.1, 0.15) is 11.6 Å². The van der Waals surface area contributed by atoms with Gasteiger partial charge in [-0.2, -0.15) is 0 Å². The molecule has 0 radical (unpaired) electrons. The molecule has 2 N–H and O–H groups in total. The van der Waals surface area contributed by atoms with Crippen molar-refractivity contribution in [3.8, 4) is 5.75 Å². The summed E-state index contributed by atoms with van der Waals surface area (Å²) >= 11 is 5.05. The van der Waals surface area contributed by atoms with Crippen molar-refractivity contribution in [1.29, 1.82) is 0 Å². The van der Waals surface area contributed by atoms with E-state index in [0.717, 1.165) is 5.56 Å². The number of carbonyl (C=O) groups is 1. The minimum Gasteiger partial charge on any atom is -0.507 e. The molecule has 2 aromatic carbocycles. The lowest BCUT2D eigenvalue weighted by molar-refractivity contribution is 0.102. The van der Waals surface area contributed by atoms with Gasteiger partial charge < -0.3 is 10.4 Å².